The van der Waals surface area contributed by atoms with Gasteiger partial charge in [0.15, 0.2) is 5.96 Å². The predicted octanol–water partition coefficient (Wildman–Crippen LogP) is 2.78. The lowest BCUT2D eigenvalue weighted by Gasteiger charge is -2.12. The van der Waals surface area contributed by atoms with Crippen molar-refractivity contribution in [3.63, 3.8) is 0 Å². The van der Waals surface area contributed by atoms with Crippen LogP contribution in [-0.4, -0.2) is 29.3 Å². The molecule has 1 heterocycles. The largest absolute Gasteiger partial charge is 0.356 e. The molecule has 5 nitrogen and oxygen atoms in total. The van der Waals surface area contributed by atoms with Crippen LogP contribution in [0.3, 0.4) is 0 Å². The summed E-state index contributed by atoms with van der Waals surface area (Å²) >= 11 is 0. The van der Waals surface area contributed by atoms with E-state index >= 15 is 0 Å². The van der Waals surface area contributed by atoms with Gasteiger partial charge in [0.2, 0.25) is 0 Å². The van der Waals surface area contributed by atoms with Crippen molar-refractivity contribution in [3.8, 4) is 0 Å². The van der Waals surface area contributed by atoms with Crippen molar-refractivity contribution >= 4 is 29.9 Å². The summed E-state index contributed by atoms with van der Waals surface area (Å²) in [6.07, 6.45) is 5.88. The maximum Gasteiger partial charge on any atom is 0.191 e. The molecule has 0 atom stereocenters. The van der Waals surface area contributed by atoms with Gasteiger partial charge in [0.05, 0.1) is 6.20 Å². The van der Waals surface area contributed by atoms with Crippen LogP contribution in [0.2, 0.25) is 0 Å². The first-order valence-electron chi connectivity index (χ1n) is 7.75. The second-order valence-corrected chi connectivity index (χ2v) is 5.56. The fraction of sp³-hybridized carbons (Fsp3) is 0.412. The summed E-state index contributed by atoms with van der Waals surface area (Å²) in [6, 6.07) is 5.26. The average Bonchev–Trinajstić information content (AvgIpc) is 2.95. The number of benzene rings is 1. The Kier molecular flexibility index (Phi) is 8.73. The van der Waals surface area contributed by atoms with Gasteiger partial charge in [0, 0.05) is 33.4 Å². The molecule has 132 valence electrons. The first kappa shape index (κ1) is 20.4. The quantitative estimate of drug-likeness (QED) is 0.311. The minimum absolute atomic E-state index is 0. The van der Waals surface area contributed by atoms with Gasteiger partial charge in [-0.25, -0.2) is 4.39 Å². The van der Waals surface area contributed by atoms with Crippen molar-refractivity contribution in [1.82, 2.24) is 20.4 Å². The van der Waals surface area contributed by atoms with E-state index in [4.69, 9.17) is 0 Å². The number of aryl methyl sites for hydroxylation is 3. The summed E-state index contributed by atoms with van der Waals surface area (Å²) in [5, 5.41) is 10.6. The third kappa shape index (κ3) is 6.46. The topological polar surface area (TPSA) is 54.2 Å². The molecule has 2 aromatic rings. The molecular formula is C17H25FIN5. The van der Waals surface area contributed by atoms with Crippen molar-refractivity contribution in [2.24, 2.45) is 12.0 Å². The Bertz CT molecular complexity index is 669. The Morgan fingerprint density at radius 2 is 2.08 bits per heavy atom. The van der Waals surface area contributed by atoms with Crippen LogP contribution in [0.1, 0.15) is 23.1 Å². The van der Waals surface area contributed by atoms with Crippen LogP contribution in [0.4, 0.5) is 4.39 Å². The van der Waals surface area contributed by atoms with Gasteiger partial charge in [-0.3, -0.25) is 9.67 Å². The normalized spacial score (nSPS) is 11.1. The molecule has 0 saturated heterocycles. The van der Waals surface area contributed by atoms with Crippen molar-refractivity contribution in [3.05, 3.63) is 53.1 Å². The molecule has 0 aliphatic heterocycles. The van der Waals surface area contributed by atoms with E-state index in [2.05, 4.69) is 20.7 Å². The second kappa shape index (κ2) is 10.3. The first-order chi connectivity index (χ1) is 11.1. The number of hydrogen-bond donors (Lipinski definition) is 2. The first-order valence-corrected chi connectivity index (χ1v) is 7.75. The zero-order valence-corrected chi connectivity index (χ0v) is 16.7. The molecule has 1 aromatic carbocycles. The van der Waals surface area contributed by atoms with Crippen LogP contribution in [0.25, 0.3) is 0 Å². The number of nitrogens with one attached hydrogen (secondary N) is 2. The van der Waals surface area contributed by atoms with Gasteiger partial charge in [-0.15, -0.1) is 24.0 Å². The molecule has 1 aromatic heterocycles. The molecule has 0 saturated carbocycles. The molecule has 0 spiro atoms. The van der Waals surface area contributed by atoms with E-state index < -0.39 is 0 Å². The number of rotatable bonds is 6. The van der Waals surface area contributed by atoms with Gasteiger partial charge in [-0.1, -0.05) is 12.1 Å². The van der Waals surface area contributed by atoms with E-state index in [1.165, 1.54) is 5.56 Å². The van der Waals surface area contributed by atoms with Crippen LogP contribution in [0.15, 0.2) is 35.6 Å². The highest BCUT2D eigenvalue weighted by molar-refractivity contribution is 14.0. The second-order valence-electron chi connectivity index (χ2n) is 5.56. The molecular weight excluding hydrogens is 420 g/mol. The van der Waals surface area contributed by atoms with Gasteiger partial charge < -0.3 is 10.6 Å². The maximum absolute atomic E-state index is 13.5. The Balaban J connectivity index is 0.00000288. The maximum atomic E-state index is 13.5. The summed E-state index contributed by atoms with van der Waals surface area (Å²) in [5.74, 6) is 0.542. The summed E-state index contributed by atoms with van der Waals surface area (Å²) in [6.45, 7) is 3.12. The fourth-order valence-corrected chi connectivity index (χ4v) is 2.25. The van der Waals surface area contributed by atoms with Crippen molar-refractivity contribution < 1.29 is 4.39 Å². The van der Waals surface area contributed by atoms with E-state index in [-0.39, 0.29) is 29.8 Å². The minimum atomic E-state index is -0.177. The van der Waals surface area contributed by atoms with E-state index in [9.17, 15) is 4.39 Å². The molecule has 0 amide bonds. The zero-order valence-electron chi connectivity index (χ0n) is 14.3. The predicted molar refractivity (Wildman–Crippen MR) is 106 cm³/mol. The highest BCUT2D eigenvalue weighted by Gasteiger charge is 2.02. The zero-order chi connectivity index (χ0) is 16.7. The Morgan fingerprint density at radius 3 is 2.71 bits per heavy atom. The molecule has 0 radical (unpaired) electrons. The van der Waals surface area contributed by atoms with Crippen molar-refractivity contribution in [2.45, 2.75) is 26.3 Å². The third-order valence-electron chi connectivity index (χ3n) is 3.61. The summed E-state index contributed by atoms with van der Waals surface area (Å²) in [7, 11) is 3.65. The molecule has 0 aliphatic carbocycles. The van der Waals surface area contributed by atoms with Gasteiger partial charge in [0.25, 0.3) is 0 Å². The van der Waals surface area contributed by atoms with Gasteiger partial charge in [-0.05, 0) is 42.5 Å². The van der Waals surface area contributed by atoms with Gasteiger partial charge in [-0.2, -0.15) is 5.10 Å². The Hall–Kier alpha value is -1.64. The lowest BCUT2D eigenvalue weighted by Crippen LogP contribution is -2.37. The fourth-order valence-electron chi connectivity index (χ4n) is 2.25. The summed E-state index contributed by atoms with van der Waals surface area (Å²) in [5.41, 5.74) is 2.78. The lowest BCUT2D eigenvalue weighted by atomic mass is 10.1. The smallest absolute Gasteiger partial charge is 0.191 e. The van der Waals surface area contributed by atoms with Crippen LogP contribution >= 0.6 is 24.0 Å². The standard InChI is InChI=1S/C17H24FN5.HI/c1-13-6-7-14(9-16(13)18)10-21-17(19-2)20-8-4-5-15-11-22-23(3)12-15;/h6-7,9,11-12H,4-5,8,10H2,1-3H3,(H2,19,20,21);1H. The SMILES string of the molecule is CN=C(NCCCc1cnn(C)c1)NCc1ccc(C)c(F)c1.I. The lowest BCUT2D eigenvalue weighted by molar-refractivity contribution is 0.615. The van der Waals surface area contributed by atoms with E-state index in [0.717, 1.165) is 30.9 Å². The number of hydrogen-bond acceptors (Lipinski definition) is 2. The van der Waals surface area contributed by atoms with E-state index in [0.29, 0.717) is 12.1 Å². The van der Waals surface area contributed by atoms with Crippen LogP contribution < -0.4 is 10.6 Å². The summed E-state index contributed by atoms with van der Waals surface area (Å²) in [4.78, 5) is 4.18. The third-order valence-corrected chi connectivity index (χ3v) is 3.61. The van der Waals surface area contributed by atoms with E-state index in [1.807, 2.05) is 30.2 Å². The molecule has 0 bridgehead atoms. The van der Waals surface area contributed by atoms with Gasteiger partial charge >= 0.3 is 0 Å². The van der Waals surface area contributed by atoms with Crippen LogP contribution in [0, 0.1) is 12.7 Å². The number of aromatic nitrogens is 2. The molecule has 0 aliphatic rings. The van der Waals surface area contributed by atoms with Crippen molar-refractivity contribution in [2.75, 3.05) is 13.6 Å². The molecule has 24 heavy (non-hydrogen) atoms. The molecule has 0 unspecified atom stereocenters. The Morgan fingerprint density at radius 1 is 1.29 bits per heavy atom. The van der Waals surface area contributed by atoms with Crippen LogP contribution in [0.5, 0.6) is 0 Å². The highest BCUT2D eigenvalue weighted by atomic mass is 127. The molecule has 2 N–H and O–H groups in total. The molecule has 0 fully saturated rings. The monoisotopic (exact) mass is 445 g/mol. The number of aliphatic imine (C=N–C) groups is 1. The van der Waals surface area contributed by atoms with E-state index in [1.54, 1.807) is 26.1 Å². The minimum Gasteiger partial charge on any atom is -0.356 e. The Labute approximate surface area is 159 Å². The average molecular weight is 445 g/mol. The molecule has 7 heteroatoms. The number of halogens is 2. The van der Waals surface area contributed by atoms with Crippen molar-refractivity contribution in [1.29, 1.82) is 0 Å². The number of nitrogens with zero attached hydrogens (tertiary/aromatic N) is 3. The molecule has 2 rings (SSSR count). The van der Waals surface area contributed by atoms with Crippen LogP contribution in [-0.2, 0) is 20.0 Å². The highest BCUT2D eigenvalue weighted by Crippen LogP contribution is 2.08. The number of guanidine groups is 1. The van der Waals surface area contributed by atoms with Gasteiger partial charge in [0.1, 0.15) is 5.82 Å². The summed E-state index contributed by atoms with van der Waals surface area (Å²) < 4.78 is 15.3.